The second kappa shape index (κ2) is 9.39. The fraction of sp³-hybridized carbons (Fsp3) is 0.381. The Labute approximate surface area is 162 Å². The van der Waals surface area contributed by atoms with E-state index < -0.39 is 6.61 Å². The number of hydrogen-bond donors (Lipinski definition) is 0. The van der Waals surface area contributed by atoms with Gasteiger partial charge in [0.15, 0.2) is 11.5 Å². The highest BCUT2D eigenvalue weighted by Gasteiger charge is 2.25. The maximum Gasteiger partial charge on any atom is 0.387 e. The predicted octanol–water partition coefficient (Wildman–Crippen LogP) is 4.23. The number of carbonyl (C=O) groups is 1. The Morgan fingerprint density at radius 1 is 1.11 bits per heavy atom. The van der Waals surface area contributed by atoms with Crippen molar-refractivity contribution in [3.8, 4) is 17.2 Å². The minimum atomic E-state index is -2.99. The first-order chi connectivity index (χ1) is 13.6. The molecule has 0 aliphatic carbocycles. The fourth-order valence-electron chi connectivity index (χ4n) is 3.21. The van der Waals surface area contributed by atoms with Gasteiger partial charge in [0.1, 0.15) is 5.75 Å². The van der Waals surface area contributed by atoms with Gasteiger partial charge in [-0.3, -0.25) is 4.79 Å². The lowest BCUT2D eigenvalue weighted by Crippen LogP contribution is -2.39. The van der Waals surface area contributed by atoms with Gasteiger partial charge in [0.05, 0.1) is 13.7 Å². The summed E-state index contributed by atoms with van der Waals surface area (Å²) in [6.07, 6.45) is 1.66. The molecule has 0 atom stereocenters. The first kappa shape index (κ1) is 19.9. The molecule has 2 aromatic rings. The van der Waals surface area contributed by atoms with Gasteiger partial charge in [-0.2, -0.15) is 8.78 Å². The zero-order chi connectivity index (χ0) is 19.9. The van der Waals surface area contributed by atoms with Gasteiger partial charge in [0.2, 0.25) is 0 Å². The van der Waals surface area contributed by atoms with E-state index in [0.29, 0.717) is 31.2 Å². The van der Waals surface area contributed by atoms with E-state index in [2.05, 4.69) is 4.74 Å². The molecule has 1 saturated heterocycles. The Hall–Kier alpha value is -2.83. The summed E-state index contributed by atoms with van der Waals surface area (Å²) < 4.78 is 40.4. The summed E-state index contributed by atoms with van der Waals surface area (Å²) in [4.78, 5) is 14.5. The van der Waals surface area contributed by atoms with E-state index in [9.17, 15) is 13.6 Å². The molecule has 1 aliphatic heterocycles. The van der Waals surface area contributed by atoms with Gasteiger partial charge in [0.25, 0.3) is 5.91 Å². The summed E-state index contributed by atoms with van der Waals surface area (Å²) in [5.41, 5.74) is 0.301. The van der Waals surface area contributed by atoms with Gasteiger partial charge in [-0.15, -0.1) is 0 Å². The maximum absolute atomic E-state index is 12.7. The highest BCUT2D eigenvalue weighted by Crippen LogP contribution is 2.30. The fourth-order valence-corrected chi connectivity index (χ4v) is 3.21. The van der Waals surface area contributed by atoms with Crippen LogP contribution in [0, 0.1) is 5.92 Å². The Morgan fingerprint density at radius 3 is 2.46 bits per heavy atom. The van der Waals surface area contributed by atoms with Crippen molar-refractivity contribution in [2.45, 2.75) is 19.5 Å². The van der Waals surface area contributed by atoms with E-state index in [1.54, 1.807) is 11.0 Å². The van der Waals surface area contributed by atoms with Crippen LogP contribution in [-0.4, -0.2) is 44.2 Å². The van der Waals surface area contributed by atoms with Crippen molar-refractivity contribution < 1.29 is 27.8 Å². The van der Waals surface area contributed by atoms with Crippen LogP contribution in [-0.2, 0) is 0 Å². The minimum Gasteiger partial charge on any atom is -0.493 e. The largest absolute Gasteiger partial charge is 0.493 e. The van der Waals surface area contributed by atoms with Gasteiger partial charge < -0.3 is 19.1 Å². The highest BCUT2D eigenvalue weighted by molar-refractivity contribution is 5.95. The molecule has 0 spiro atoms. The number of piperidine rings is 1. The van der Waals surface area contributed by atoms with Gasteiger partial charge in [-0.1, -0.05) is 18.2 Å². The van der Waals surface area contributed by atoms with Gasteiger partial charge in [0, 0.05) is 18.7 Å². The number of alkyl halides is 2. The van der Waals surface area contributed by atoms with Crippen molar-refractivity contribution >= 4 is 5.91 Å². The van der Waals surface area contributed by atoms with Crippen LogP contribution < -0.4 is 14.2 Å². The lowest BCUT2D eigenvalue weighted by atomic mass is 9.97. The summed E-state index contributed by atoms with van der Waals surface area (Å²) in [7, 11) is 1.36. The van der Waals surface area contributed by atoms with Crippen LogP contribution in [0.15, 0.2) is 48.5 Å². The molecular formula is C21H23F2NO4. The third-order valence-corrected chi connectivity index (χ3v) is 4.76. The van der Waals surface area contributed by atoms with E-state index >= 15 is 0 Å². The molecule has 7 heteroatoms. The monoisotopic (exact) mass is 391 g/mol. The van der Waals surface area contributed by atoms with Crippen LogP contribution >= 0.6 is 0 Å². The van der Waals surface area contributed by atoms with Crippen molar-refractivity contribution in [1.82, 2.24) is 4.90 Å². The van der Waals surface area contributed by atoms with Crippen molar-refractivity contribution in [3.05, 3.63) is 54.1 Å². The zero-order valence-electron chi connectivity index (χ0n) is 15.6. The summed E-state index contributed by atoms with van der Waals surface area (Å²) in [6.45, 7) is -1.18. The molecule has 5 nitrogen and oxygen atoms in total. The third kappa shape index (κ3) is 5.12. The van der Waals surface area contributed by atoms with Crippen LogP contribution in [0.4, 0.5) is 8.78 Å². The summed E-state index contributed by atoms with van der Waals surface area (Å²) >= 11 is 0. The number of ether oxygens (including phenoxy) is 3. The highest BCUT2D eigenvalue weighted by atomic mass is 19.3. The van der Waals surface area contributed by atoms with E-state index in [0.717, 1.165) is 18.6 Å². The Morgan fingerprint density at radius 2 is 1.82 bits per heavy atom. The number of rotatable bonds is 7. The van der Waals surface area contributed by atoms with Crippen LogP contribution in [0.2, 0.25) is 0 Å². The number of hydrogen-bond acceptors (Lipinski definition) is 4. The number of para-hydroxylation sites is 1. The van der Waals surface area contributed by atoms with E-state index in [-0.39, 0.29) is 17.4 Å². The number of methoxy groups -OCH3 is 1. The van der Waals surface area contributed by atoms with Crippen molar-refractivity contribution in [3.63, 3.8) is 0 Å². The number of amides is 1. The quantitative estimate of drug-likeness (QED) is 0.709. The van der Waals surface area contributed by atoms with E-state index in [1.165, 1.54) is 19.2 Å². The molecule has 0 N–H and O–H groups in total. The molecule has 28 heavy (non-hydrogen) atoms. The number of likely N-dealkylation sites (tertiary alicyclic amines) is 1. The van der Waals surface area contributed by atoms with Crippen molar-refractivity contribution in [2.75, 3.05) is 26.8 Å². The summed E-state index contributed by atoms with van der Waals surface area (Å²) in [5.74, 6) is 1.02. The Bertz CT molecular complexity index is 777. The zero-order valence-corrected chi connectivity index (χ0v) is 15.6. The Kier molecular flexibility index (Phi) is 6.68. The van der Waals surface area contributed by atoms with Gasteiger partial charge in [-0.05, 0) is 49.1 Å². The van der Waals surface area contributed by atoms with Gasteiger partial charge >= 0.3 is 6.61 Å². The molecule has 0 aromatic heterocycles. The molecule has 0 bridgehead atoms. The maximum atomic E-state index is 12.7. The number of halogens is 2. The second-order valence-electron chi connectivity index (χ2n) is 6.60. The van der Waals surface area contributed by atoms with Crippen LogP contribution in [0.5, 0.6) is 17.2 Å². The van der Waals surface area contributed by atoms with Gasteiger partial charge in [-0.25, -0.2) is 0 Å². The van der Waals surface area contributed by atoms with Crippen LogP contribution in [0.3, 0.4) is 0 Å². The van der Waals surface area contributed by atoms with Crippen LogP contribution in [0.25, 0.3) is 0 Å². The topological polar surface area (TPSA) is 48.0 Å². The first-order valence-electron chi connectivity index (χ1n) is 9.17. The normalized spacial score (nSPS) is 14.8. The average molecular weight is 391 g/mol. The molecular weight excluding hydrogens is 368 g/mol. The minimum absolute atomic E-state index is 0.144. The molecule has 0 unspecified atom stereocenters. The number of benzene rings is 2. The third-order valence-electron chi connectivity index (χ3n) is 4.76. The number of nitrogens with zero attached hydrogens (tertiary/aromatic N) is 1. The smallest absolute Gasteiger partial charge is 0.387 e. The van der Waals surface area contributed by atoms with E-state index in [4.69, 9.17) is 9.47 Å². The lowest BCUT2D eigenvalue weighted by molar-refractivity contribution is -0.0512. The molecule has 3 rings (SSSR count). The van der Waals surface area contributed by atoms with Crippen molar-refractivity contribution in [1.29, 1.82) is 0 Å². The SMILES string of the molecule is COc1ccc(C(=O)N2CCC(COc3ccccc3)CC2)cc1OC(F)F. The van der Waals surface area contributed by atoms with Crippen molar-refractivity contribution in [2.24, 2.45) is 5.92 Å². The molecule has 1 fully saturated rings. The molecule has 0 radical (unpaired) electrons. The van der Waals surface area contributed by atoms with E-state index in [1.807, 2.05) is 30.3 Å². The molecule has 1 aliphatic rings. The second-order valence-corrected chi connectivity index (χ2v) is 6.60. The molecule has 1 heterocycles. The average Bonchev–Trinajstić information content (AvgIpc) is 2.72. The lowest BCUT2D eigenvalue weighted by Gasteiger charge is -2.32. The Balaban J connectivity index is 1.56. The molecule has 2 aromatic carbocycles. The molecule has 0 saturated carbocycles. The summed E-state index contributed by atoms with van der Waals surface area (Å²) in [5, 5.41) is 0. The predicted molar refractivity (Wildman–Crippen MR) is 100 cm³/mol. The first-order valence-corrected chi connectivity index (χ1v) is 9.17. The molecule has 1 amide bonds. The molecule has 150 valence electrons. The standard InChI is InChI=1S/C21H23F2NO4/c1-26-18-8-7-16(13-19(18)28-21(22)23)20(25)24-11-9-15(10-12-24)14-27-17-5-3-2-4-6-17/h2-8,13,15,21H,9-12,14H2,1H3. The number of carbonyl (C=O) groups excluding carboxylic acids is 1. The van der Waals surface area contributed by atoms with Crippen LogP contribution in [0.1, 0.15) is 23.2 Å². The summed E-state index contributed by atoms with van der Waals surface area (Å²) in [6, 6.07) is 14.0.